The van der Waals surface area contributed by atoms with Gasteiger partial charge in [-0.1, -0.05) is 30.3 Å². The maximum atomic E-state index is 12.1. The molecule has 0 fully saturated rings. The van der Waals surface area contributed by atoms with Crippen LogP contribution in [0.2, 0.25) is 0 Å². The molecule has 0 aromatic heterocycles. The van der Waals surface area contributed by atoms with Crippen molar-refractivity contribution in [1.82, 2.24) is 5.43 Å². The largest absolute Gasteiger partial charge is 0.392 e. The average molecular weight is 336 g/mol. The third-order valence-corrected chi connectivity index (χ3v) is 3.70. The first-order valence-corrected chi connectivity index (χ1v) is 7.86. The fraction of sp³-hybridized carbons (Fsp3) is 0.211. The van der Waals surface area contributed by atoms with Crippen LogP contribution in [-0.2, 0) is 6.61 Å². The Kier molecular flexibility index (Phi) is 6.69. The number of nitrogens with one attached hydrogen (secondary N) is 1. The van der Waals surface area contributed by atoms with E-state index in [9.17, 15) is 9.90 Å². The van der Waals surface area contributed by atoms with Gasteiger partial charge in [-0.2, -0.15) is 10.4 Å². The van der Waals surface area contributed by atoms with Crippen LogP contribution in [0.15, 0.2) is 53.6 Å². The van der Waals surface area contributed by atoms with E-state index >= 15 is 0 Å². The predicted molar refractivity (Wildman–Crippen MR) is 97.4 cm³/mol. The van der Waals surface area contributed by atoms with Gasteiger partial charge in [0.2, 0.25) is 0 Å². The van der Waals surface area contributed by atoms with E-state index in [1.165, 1.54) is 0 Å². The van der Waals surface area contributed by atoms with Crippen LogP contribution in [0.25, 0.3) is 0 Å². The maximum Gasteiger partial charge on any atom is 0.271 e. The van der Waals surface area contributed by atoms with Crippen molar-refractivity contribution in [1.29, 1.82) is 5.26 Å². The van der Waals surface area contributed by atoms with E-state index in [4.69, 9.17) is 5.26 Å². The van der Waals surface area contributed by atoms with Gasteiger partial charge in [0.05, 0.1) is 25.3 Å². The van der Waals surface area contributed by atoms with E-state index in [0.717, 1.165) is 11.3 Å². The van der Waals surface area contributed by atoms with Gasteiger partial charge in [-0.3, -0.25) is 4.79 Å². The number of benzene rings is 2. The van der Waals surface area contributed by atoms with E-state index < -0.39 is 0 Å². The van der Waals surface area contributed by atoms with Crippen molar-refractivity contribution in [2.75, 3.05) is 18.5 Å². The highest BCUT2D eigenvalue weighted by Gasteiger charge is 2.08. The first-order valence-electron chi connectivity index (χ1n) is 7.86. The van der Waals surface area contributed by atoms with Crippen molar-refractivity contribution in [2.24, 2.45) is 5.10 Å². The van der Waals surface area contributed by atoms with E-state index in [1.807, 2.05) is 36.2 Å². The number of aliphatic hydroxyl groups excluding tert-OH is 1. The lowest BCUT2D eigenvalue weighted by Gasteiger charge is -2.17. The van der Waals surface area contributed by atoms with Gasteiger partial charge in [0.25, 0.3) is 5.91 Å². The van der Waals surface area contributed by atoms with Crippen LogP contribution in [0, 0.1) is 11.3 Å². The normalized spacial score (nSPS) is 10.4. The Balaban J connectivity index is 1.96. The molecule has 2 N–H and O–H groups in total. The molecular formula is C19H20N4O2. The van der Waals surface area contributed by atoms with Crippen molar-refractivity contribution in [3.63, 3.8) is 0 Å². The van der Waals surface area contributed by atoms with Crippen LogP contribution in [0.3, 0.4) is 0 Å². The lowest BCUT2D eigenvalue weighted by Crippen LogP contribution is -2.19. The number of carbonyl (C=O) groups is 1. The summed E-state index contributed by atoms with van der Waals surface area (Å²) in [4.78, 5) is 14.1. The first kappa shape index (κ1) is 18.2. The maximum absolute atomic E-state index is 12.1. The van der Waals surface area contributed by atoms with Gasteiger partial charge < -0.3 is 10.0 Å². The smallest absolute Gasteiger partial charge is 0.271 e. The molecule has 0 saturated carbocycles. The zero-order valence-electron chi connectivity index (χ0n) is 14.0. The standard InChI is InChI=1S/C19H20N4O2/c1-23(12-4-11-20)17-9-7-15(8-10-17)13-21-22-19(25)18-6-3-2-5-16(18)14-24/h2-3,5-10,13,24H,4,12,14H2,1H3,(H,22,25)/b21-13+. The molecule has 0 aliphatic rings. The number of anilines is 1. The topological polar surface area (TPSA) is 88.7 Å². The third-order valence-electron chi connectivity index (χ3n) is 3.70. The summed E-state index contributed by atoms with van der Waals surface area (Å²) in [6, 6.07) is 16.6. The van der Waals surface area contributed by atoms with Crippen molar-refractivity contribution >= 4 is 17.8 Å². The van der Waals surface area contributed by atoms with Gasteiger partial charge in [0.15, 0.2) is 0 Å². The van der Waals surface area contributed by atoms with Crippen LogP contribution in [0.4, 0.5) is 5.69 Å². The summed E-state index contributed by atoms with van der Waals surface area (Å²) >= 11 is 0. The minimum absolute atomic E-state index is 0.200. The summed E-state index contributed by atoms with van der Waals surface area (Å²) in [5, 5.41) is 21.8. The number of hydrazone groups is 1. The summed E-state index contributed by atoms with van der Waals surface area (Å²) in [6.07, 6.45) is 2.03. The number of nitrogens with zero attached hydrogens (tertiary/aromatic N) is 3. The number of hydrogen-bond donors (Lipinski definition) is 2. The van der Waals surface area contributed by atoms with Crippen LogP contribution < -0.4 is 10.3 Å². The third kappa shape index (κ3) is 5.16. The molecule has 25 heavy (non-hydrogen) atoms. The molecular weight excluding hydrogens is 316 g/mol. The Bertz CT molecular complexity index is 779. The number of carbonyl (C=O) groups excluding carboxylic acids is 1. The second-order valence-corrected chi connectivity index (χ2v) is 5.44. The van der Waals surface area contributed by atoms with Gasteiger partial charge in [0, 0.05) is 24.8 Å². The van der Waals surface area contributed by atoms with Gasteiger partial charge in [-0.15, -0.1) is 0 Å². The number of aliphatic hydroxyl groups is 1. The monoisotopic (exact) mass is 336 g/mol. The highest BCUT2D eigenvalue weighted by molar-refractivity contribution is 5.96. The van der Waals surface area contributed by atoms with Crippen molar-refractivity contribution in [3.8, 4) is 6.07 Å². The number of amides is 1. The predicted octanol–water partition coefficient (Wildman–Crippen LogP) is 2.29. The highest BCUT2D eigenvalue weighted by Crippen LogP contribution is 2.13. The number of hydrogen-bond acceptors (Lipinski definition) is 5. The molecule has 6 nitrogen and oxygen atoms in total. The summed E-state index contributed by atoms with van der Waals surface area (Å²) in [7, 11) is 1.93. The van der Waals surface area contributed by atoms with Crippen molar-refractivity contribution in [3.05, 3.63) is 65.2 Å². The Morgan fingerprint density at radius 1 is 1.28 bits per heavy atom. The fourth-order valence-corrected chi connectivity index (χ4v) is 2.27. The van der Waals surface area contributed by atoms with E-state index in [2.05, 4.69) is 16.6 Å². The molecule has 6 heteroatoms. The van der Waals surface area contributed by atoms with Gasteiger partial charge in [-0.05, 0) is 29.3 Å². The zero-order chi connectivity index (χ0) is 18.1. The molecule has 0 aliphatic carbocycles. The van der Waals surface area contributed by atoms with E-state index in [1.54, 1.807) is 30.5 Å². The summed E-state index contributed by atoms with van der Waals surface area (Å²) in [6.45, 7) is 0.471. The second kappa shape index (κ2) is 9.21. The van der Waals surface area contributed by atoms with Gasteiger partial charge in [0.1, 0.15) is 0 Å². The molecule has 2 rings (SSSR count). The summed E-state index contributed by atoms with van der Waals surface area (Å²) in [5.74, 6) is -0.367. The van der Waals surface area contributed by atoms with Crippen LogP contribution in [0.1, 0.15) is 27.9 Å². The molecule has 128 valence electrons. The second-order valence-electron chi connectivity index (χ2n) is 5.44. The molecule has 0 heterocycles. The Morgan fingerprint density at radius 3 is 2.68 bits per heavy atom. The quantitative estimate of drug-likeness (QED) is 0.600. The van der Waals surface area contributed by atoms with Crippen LogP contribution in [-0.4, -0.2) is 30.8 Å². The minimum atomic E-state index is -0.367. The fourth-order valence-electron chi connectivity index (χ4n) is 2.27. The Labute approximate surface area is 147 Å². The lowest BCUT2D eigenvalue weighted by molar-refractivity contribution is 0.0952. The van der Waals surface area contributed by atoms with Crippen LogP contribution in [0.5, 0.6) is 0 Å². The summed E-state index contributed by atoms with van der Waals surface area (Å²) in [5.41, 5.74) is 5.26. The Hall–Kier alpha value is -3.17. The number of rotatable bonds is 7. The van der Waals surface area contributed by atoms with Crippen molar-refractivity contribution in [2.45, 2.75) is 13.0 Å². The molecule has 0 radical (unpaired) electrons. The molecule has 0 aliphatic heterocycles. The van der Waals surface area contributed by atoms with Crippen molar-refractivity contribution < 1.29 is 9.90 Å². The lowest BCUT2D eigenvalue weighted by atomic mass is 10.1. The Morgan fingerprint density at radius 2 is 2.00 bits per heavy atom. The molecule has 2 aromatic carbocycles. The minimum Gasteiger partial charge on any atom is -0.392 e. The van der Waals surface area contributed by atoms with Crippen LogP contribution >= 0.6 is 0 Å². The van der Waals surface area contributed by atoms with Gasteiger partial charge >= 0.3 is 0 Å². The SMILES string of the molecule is CN(CCC#N)c1ccc(/C=N/NC(=O)c2ccccc2CO)cc1. The molecule has 1 amide bonds. The zero-order valence-corrected chi connectivity index (χ0v) is 14.0. The molecule has 0 bridgehead atoms. The molecule has 0 atom stereocenters. The first-order chi connectivity index (χ1) is 12.2. The summed E-state index contributed by atoms with van der Waals surface area (Å²) < 4.78 is 0. The molecule has 2 aromatic rings. The molecule has 0 saturated heterocycles. The molecule has 0 spiro atoms. The number of nitriles is 1. The van der Waals surface area contributed by atoms with Gasteiger partial charge in [-0.25, -0.2) is 5.43 Å². The highest BCUT2D eigenvalue weighted by atomic mass is 16.3. The average Bonchev–Trinajstić information content (AvgIpc) is 2.66. The van der Waals surface area contributed by atoms with E-state index in [-0.39, 0.29) is 12.5 Å². The van der Waals surface area contributed by atoms with E-state index in [0.29, 0.717) is 24.1 Å². The molecule has 0 unspecified atom stereocenters.